The van der Waals surface area contributed by atoms with Gasteiger partial charge in [-0.05, 0) is 30.0 Å². The van der Waals surface area contributed by atoms with E-state index in [2.05, 4.69) is 0 Å². The van der Waals surface area contributed by atoms with Gasteiger partial charge in [0, 0.05) is 0 Å². The Morgan fingerprint density at radius 3 is 2.32 bits per heavy atom. The molecule has 0 amide bonds. The molecule has 0 aliphatic heterocycles. The molecule has 104 valence electrons. The molecule has 0 saturated heterocycles. The van der Waals surface area contributed by atoms with Crippen molar-refractivity contribution in [3.05, 3.63) is 29.3 Å². The van der Waals surface area contributed by atoms with Crippen molar-refractivity contribution >= 4 is 0 Å². The third kappa shape index (κ3) is 4.82. The summed E-state index contributed by atoms with van der Waals surface area (Å²) in [4.78, 5) is 0. The minimum Gasteiger partial charge on any atom is -0.494 e. The Bertz CT molecular complexity index is 481. The number of alkyl halides is 3. The number of benzene rings is 1. The van der Waals surface area contributed by atoms with Crippen molar-refractivity contribution in [2.75, 3.05) is 6.61 Å². The molecule has 2 nitrogen and oxygen atoms in total. The van der Waals surface area contributed by atoms with Crippen LogP contribution < -0.4 is 4.74 Å². The molecule has 1 rings (SSSR count). The molecular weight excluding hydrogens is 255 g/mol. The molecule has 0 heterocycles. The summed E-state index contributed by atoms with van der Waals surface area (Å²) in [5.74, 6) is 0.286. The van der Waals surface area contributed by atoms with E-state index in [0.29, 0.717) is 6.61 Å². The molecule has 5 heteroatoms. The zero-order valence-corrected chi connectivity index (χ0v) is 11.1. The molecule has 0 unspecified atom stereocenters. The molecule has 1 aromatic rings. The summed E-state index contributed by atoms with van der Waals surface area (Å²) in [6.45, 7) is 6.54. The van der Waals surface area contributed by atoms with Gasteiger partial charge in [-0.2, -0.15) is 18.4 Å². The van der Waals surface area contributed by atoms with Crippen LogP contribution in [0.15, 0.2) is 18.2 Å². The fraction of sp³-hybridized carbons (Fsp3) is 0.500. The lowest BCUT2D eigenvalue weighted by molar-refractivity contribution is -0.137. The Balaban J connectivity index is 2.82. The van der Waals surface area contributed by atoms with E-state index in [1.165, 1.54) is 6.07 Å². The number of hydrogen-bond donors (Lipinski definition) is 0. The lowest BCUT2D eigenvalue weighted by Crippen LogP contribution is -2.12. The average molecular weight is 271 g/mol. The second kappa shape index (κ2) is 5.52. The smallest absolute Gasteiger partial charge is 0.417 e. The minimum atomic E-state index is -4.52. The molecule has 19 heavy (non-hydrogen) atoms. The molecule has 0 fully saturated rings. The van der Waals surface area contributed by atoms with E-state index in [4.69, 9.17) is 10.00 Å². The highest BCUT2D eigenvalue weighted by molar-refractivity contribution is 5.44. The molecule has 0 aliphatic rings. The summed E-state index contributed by atoms with van der Waals surface area (Å²) in [5, 5.41) is 8.76. The van der Waals surface area contributed by atoms with Crippen LogP contribution in [0.3, 0.4) is 0 Å². The molecule has 0 bridgehead atoms. The van der Waals surface area contributed by atoms with Gasteiger partial charge in [0.15, 0.2) is 0 Å². The summed E-state index contributed by atoms with van der Waals surface area (Å²) < 4.78 is 43.1. The summed E-state index contributed by atoms with van der Waals surface area (Å²) in [6, 6.07) is 4.80. The van der Waals surface area contributed by atoms with Crippen molar-refractivity contribution in [3.8, 4) is 11.8 Å². The summed E-state index contributed by atoms with van der Waals surface area (Å²) in [7, 11) is 0. The topological polar surface area (TPSA) is 33.0 Å². The molecule has 0 N–H and O–H groups in total. The standard InChI is InChI=1S/C14H16F3NO/c1-13(2,3)6-7-19-11-4-5-12(14(15,16)17)10(8-11)9-18/h4-5,8H,6-7H2,1-3H3. The van der Waals surface area contributed by atoms with Crippen LogP contribution in [0.2, 0.25) is 0 Å². The van der Waals surface area contributed by atoms with Crippen molar-refractivity contribution < 1.29 is 17.9 Å². The number of nitrogens with zero attached hydrogens (tertiary/aromatic N) is 1. The number of ether oxygens (including phenoxy) is 1. The van der Waals surface area contributed by atoms with Crippen molar-refractivity contribution in [2.24, 2.45) is 5.41 Å². The van der Waals surface area contributed by atoms with Gasteiger partial charge < -0.3 is 4.74 Å². The SMILES string of the molecule is CC(C)(C)CCOc1ccc(C(F)(F)F)c(C#N)c1. The molecule has 0 atom stereocenters. The van der Waals surface area contributed by atoms with Crippen molar-refractivity contribution in [1.29, 1.82) is 5.26 Å². The quantitative estimate of drug-likeness (QED) is 0.816. The molecular formula is C14H16F3NO. The molecule has 0 radical (unpaired) electrons. The maximum absolute atomic E-state index is 12.6. The van der Waals surface area contributed by atoms with Crippen LogP contribution in [0.25, 0.3) is 0 Å². The third-order valence-electron chi connectivity index (χ3n) is 2.54. The number of halogens is 3. The second-order valence-electron chi connectivity index (χ2n) is 5.48. The van der Waals surface area contributed by atoms with Gasteiger partial charge in [-0.1, -0.05) is 20.8 Å². The minimum absolute atomic E-state index is 0.0873. The zero-order chi connectivity index (χ0) is 14.7. The average Bonchev–Trinajstić information content (AvgIpc) is 2.25. The Morgan fingerprint density at radius 1 is 1.21 bits per heavy atom. The summed E-state index contributed by atoms with van der Waals surface area (Å²) in [6.07, 6.45) is -3.75. The van der Waals surface area contributed by atoms with E-state index in [-0.39, 0.29) is 11.2 Å². The first kappa shape index (κ1) is 15.4. The Kier molecular flexibility index (Phi) is 4.46. The number of nitriles is 1. The van der Waals surface area contributed by atoms with E-state index in [1.807, 2.05) is 20.8 Å². The normalized spacial score (nSPS) is 12.1. The van der Waals surface area contributed by atoms with E-state index in [9.17, 15) is 13.2 Å². The highest BCUT2D eigenvalue weighted by Crippen LogP contribution is 2.33. The predicted molar refractivity (Wildman–Crippen MR) is 65.7 cm³/mol. The van der Waals surface area contributed by atoms with Crippen LogP contribution in [0.1, 0.15) is 38.3 Å². The summed E-state index contributed by atoms with van der Waals surface area (Å²) >= 11 is 0. The Labute approximate surface area is 110 Å². The van der Waals surface area contributed by atoms with Gasteiger partial charge in [-0.15, -0.1) is 0 Å². The van der Waals surface area contributed by atoms with Crippen LogP contribution in [0.4, 0.5) is 13.2 Å². The maximum Gasteiger partial charge on any atom is 0.417 e. The van der Waals surface area contributed by atoms with Gasteiger partial charge in [-0.3, -0.25) is 0 Å². The monoisotopic (exact) mass is 271 g/mol. The van der Waals surface area contributed by atoms with Gasteiger partial charge in [-0.25, -0.2) is 0 Å². The zero-order valence-electron chi connectivity index (χ0n) is 11.1. The van der Waals surface area contributed by atoms with Gasteiger partial charge in [0.2, 0.25) is 0 Å². The van der Waals surface area contributed by atoms with Crippen molar-refractivity contribution in [1.82, 2.24) is 0 Å². The lowest BCUT2D eigenvalue weighted by atomic mass is 9.93. The largest absolute Gasteiger partial charge is 0.494 e. The third-order valence-corrected chi connectivity index (χ3v) is 2.54. The maximum atomic E-state index is 12.6. The van der Waals surface area contributed by atoms with Crippen LogP contribution in [-0.2, 0) is 6.18 Å². The fourth-order valence-corrected chi connectivity index (χ4v) is 1.43. The Morgan fingerprint density at radius 2 is 1.84 bits per heavy atom. The molecule has 0 aromatic heterocycles. The van der Waals surface area contributed by atoms with Crippen molar-refractivity contribution in [2.45, 2.75) is 33.4 Å². The van der Waals surface area contributed by atoms with Crippen LogP contribution in [0.5, 0.6) is 5.75 Å². The molecule has 0 aliphatic carbocycles. The molecule has 1 aromatic carbocycles. The van der Waals surface area contributed by atoms with E-state index in [0.717, 1.165) is 18.6 Å². The van der Waals surface area contributed by atoms with Gasteiger partial charge in [0.05, 0.1) is 23.8 Å². The first-order chi connectivity index (χ1) is 8.63. The highest BCUT2D eigenvalue weighted by atomic mass is 19.4. The lowest BCUT2D eigenvalue weighted by Gasteiger charge is -2.18. The van der Waals surface area contributed by atoms with Crippen LogP contribution in [-0.4, -0.2) is 6.61 Å². The van der Waals surface area contributed by atoms with Gasteiger partial charge >= 0.3 is 6.18 Å². The first-order valence-electron chi connectivity index (χ1n) is 5.87. The predicted octanol–water partition coefficient (Wildman–Crippen LogP) is 4.39. The fourth-order valence-electron chi connectivity index (χ4n) is 1.43. The first-order valence-corrected chi connectivity index (χ1v) is 5.87. The highest BCUT2D eigenvalue weighted by Gasteiger charge is 2.33. The second-order valence-corrected chi connectivity index (χ2v) is 5.48. The van der Waals surface area contributed by atoms with Gasteiger partial charge in [0.25, 0.3) is 0 Å². The van der Waals surface area contributed by atoms with Crippen LogP contribution >= 0.6 is 0 Å². The number of rotatable bonds is 3. The van der Waals surface area contributed by atoms with Gasteiger partial charge in [0.1, 0.15) is 5.75 Å². The van der Waals surface area contributed by atoms with E-state index in [1.54, 1.807) is 6.07 Å². The van der Waals surface area contributed by atoms with Crippen LogP contribution in [0, 0.1) is 16.7 Å². The number of hydrogen-bond acceptors (Lipinski definition) is 2. The van der Waals surface area contributed by atoms with E-state index >= 15 is 0 Å². The Hall–Kier alpha value is -1.70. The molecule has 0 saturated carbocycles. The summed E-state index contributed by atoms with van der Waals surface area (Å²) in [5.41, 5.74) is -1.26. The van der Waals surface area contributed by atoms with Crippen molar-refractivity contribution in [3.63, 3.8) is 0 Å². The van der Waals surface area contributed by atoms with E-state index < -0.39 is 17.3 Å². The molecule has 0 spiro atoms.